The number of benzene rings is 7. The zero-order valence-corrected chi connectivity index (χ0v) is 31.7. The van der Waals surface area contributed by atoms with E-state index >= 15 is 0 Å². The van der Waals surface area contributed by atoms with E-state index in [9.17, 15) is 0 Å². The van der Waals surface area contributed by atoms with Gasteiger partial charge in [-0.1, -0.05) is 54.6 Å². The minimum atomic E-state index is 0.633. The van der Waals surface area contributed by atoms with Crippen LogP contribution in [0.2, 0.25) is 0 Å². The predicted octanol–water partition coefficient (Wildman–Crippen LogP) is 12.2. The average Bonchev–Trinajstić information content (AvgIpc) is 3.88. The minimum absolute atomic E-state index is 0.633. The second-order valence-electron chi connectivity index (χ2n) is 14.4. The van der Waals surface area contributed by atoms with Crippen molar-refractivity contribution >= 4 is 49.8 Å². The van der Waals surface area contributed by atoms with Gasteiger partial charge in [-0.2, -0.15) is 0 Å². The van der Waals surface area contributed by atoms with Crippen LogP contribution in [-0.2, 0) is 0 Å². The number of fused-ring (bicyclic) bond motifs is 4. The first-order valence-electron chi connectivity index (χ1n) is 19.5. The van der Waals surface area contributed by atoms with Gasteiger partial charge in [0.2, 0.25) is 0 Å². The van der Waals surface area contributed by atoms with Gasteiger partial charge in [0.1, 0.15) is 12.7 Å². The Morgan fingerprint density at radius 3 is 1.56 bits per heavy atom. The fraction of sp³-hybridized carbons (Fsp3) is 0. The van der Waals surface area contributed by atoms with E-state index in [0.29, 0.717) is 11.6 Å². The Morgan fingerprint density at radius 1 is 0.390 bits per heavy atom. The van der Waals surface area contributed by atoms with Gasteiger partial charge >= 0.3 is 0 Å². The molecule has 0 spiro atoms. The third-order valence-corrected chi connectivity index (χ3v) is 10.9. The number of aromatic nitrogens is 7. The third-order valence-electron chi connectivity index (χ3n) is 10.9. The Bertz CT molecular complexity index is 3130. The molecule has 11 aromatic rings. The van der Waals surface area contributed by atoms with Crippen molar-refractivity contribution in [2.24, 2.45) is 0 Å². The molecule has 0 fully saturated rings. The highest BCUT2D eigenvalue weighted by Gasteiger charge is 2.18. The van der Waals surface area contributed by atoms with Gasteiger partial charge < -0.3 is 14.0 Å². The van der Waals surface area contributed by atoms with Crippen LogP contribution in [0.25, 0.3) is 78.0 Å². The van der Waals surface area contributed by atoms with Gasteiger partial charge in [0.05, 0.1) is 16.6 Å². The molecule has 0 saturated heterocycles. The molecule has 0 saturated carbocycles. The van der Waals surface area contributed by atoms with E-state index in [1.54, 1.807) is 12.4 Å². The molecule has 11 rings (SSSR count). The molecule has 59 heavy (non-hydrogen) atoms. The maximum atomic E-state index is 4.45. The summed E-state index contributed by atoms with van der Waals surface area (Å²) in [4.78, 5) is 23.8. The molecule has 0 N–H and O–H groups in total. The van der Waals surface area contributed by atoms with E-state index in [0.717, 1.165) is 50.7 Å². The van der Waals surface area contributed by atoms with Crippen LogP contribution in [0.5, 0.6) is 0 Å². The largest absolute Gasteiger partial charge is 0.316 e. The first-order valence-corrected chi connectivity index (χ1v) is 19.5. The quantitative estimate of drug-likeness (QED) is 0.154. The molecule has 278 valence electrons. The molecule has 8 heteroatoms. The first kappa shape index (κ1) is 34.1. The molecule has 0 aliphatic rings. The van der Waals surface area contributed by atoms with Gasteiger partial charge in [-0.25, -0.2) is 24.9 Å². The first-order chi connectivity index (χ1) is 29.2. The summed E-state index contributed by atoms with van der Waals surface area (Å²) in [5.41, 5.74) is 13.0. The van der Waals surface area contributed by atoms with Crippen LogP contribution in [0.4, 0.5) is 17.1 Å². The summed E-state index contributed by atoms with van der Waals surface area (Å²) in [5, 5.41) is 3.63. The third kappa shape index (κ3) is 6.16. The molecule has 0 radical (unpaired) electrons. The Labute approximate surface area is 340 Å². The van der Waals surface area contributed by atoms with Crippen LogP contribution in [0.1, 0.15) is 0 Å². The van der Waals surface area contributed by atoms with E-state index in [1.165, 1.54) is 45.4 Å². The highest BCUT2D eigenvalue weighted by atomic mass is 15.1. The number of rotatable bonds is 8. The molecule has 4 aromatic heterocycles. The maximum Gasteiger partial charge on any atom is 0.162 e. The number of hydrogen-bond acceptors (Lipinski definition) is 6. The van der Waals surface area contributed by atoms with Crippen LogP contribution in [0.3, 0.4) is 0 Å². The highest BCUT2D eigenvalue weighted by molar-refractivity contribution is 6.14. The zero-order valence-electron chi connectivity index (χ0n) is 31.7. The molecule has 0 atom stereocenters. The lowest BCUT2D eigenvalue weighted by atomic mass is 10.0. The second kappa shape index (κ2) is 14.4. The van der Waals surface area contributed by atoms with Crippen LogP contribution in [-0.4, -0.2) is 34.1 Å². The lowest BCUT2D eigenvalue weighted by Gasteiger charge is -2.26. The highest BCUT2D eigenvalue weighted by Crippen LogP contribution is 2.40. The molecular formula is C51H34N8. The predicted molar refractivity (Wildman–Crippen MR) is 238 cm³/mol. The number of hydrogen-bond donors (Lipinski definition) is 0. The van der Waals surface area contributed by atoms with E-state index in [-0.39, 0.29) is 0 Å². The summed E-state index contributed by atoms with van der Waals surface area (Å²) >= 11 is 0. The van der Waals surface area contributed by atoms with Crippen molar-refractivity contribution < 1.29 is 0 Å². The van der Waals surface area contributed by atoms with Crippen molar-refractivity contribution in [2.45, 2.75) is 0 Å². The monoisotopic (exact) mass is 758 g/mol. The van der Waals surface area contributed by atoms with Crippen LogP contribution in [0.15, 0.2) is 207 Å². The van der Waals surface area contributed by atoms with E-state index < -0.39 is 0 Å². The lowest BCUT2D eigenvalue weighted by Crippen LogP contribution is -2.10. The molecule has 0 bridgehead atoms. The van der Waals surface area contributed by atoms with Crippen molar-refractivity contribution in [1.29, 1.82) is 0 Å². The van der Waals surface area contributed by atoms with Crippen molar-refractivity contribution in [2.75, 3.05) is 4.90 Å². The number of anilines is 3. The Hall–Kier alpha value is -8.23. The van der Waals surface area contributed by atoms with Gasteiger partial charge in [0.25, 0.3) is 0 Å². The Kier molecular flexibility index (Phi) is 8.29. The summed E-state index contributed by atoms with van der Waals surface area (Å²) in [5.74, 6) is 1.32. The second-order valence-corrected chi connectivity index (χ2v) is 14.4. The van der Waals surface area contributed by atoms with Gasteiger partial charge in [-0.15, -0.1) is 0 Å². The molecule has 4 heterocycles. The smallest absolute Gasteiger partial charge is 0.162 e. The summed E-state index contributed by atoms with van der Waals surface area (Å²) in [6.07, 6.45) is 8.73. The van der Waals surface area contributed by atoms with Crippen molar-refractivity contribution in [1.82, 2.24) is 34.1 Å². The topological polar surface area (TPSA) is 77.6 Å². The van der Waals surface area contributed by atoms with Gasteiger partial charge in [0.15, 0.2) is 11.6 Å². The molecular weight excluding hydrogens is 725 g/mol. The zero-order chi connectivity index (χ0) is 39.1. The molecule has 0 amide bonds. The van der Waals surface area contributed by atoms with Crippen LogP contribution < -0.4 is 4.90 Å². The van der Waals surface area contributed by atoms with Crippen molar-refractivity contribution in [3.05, 3.63) is 207 Å². The fourth-order valence-corrected chi connectivity index (χ4v) is 8.10. The minimum Gasteiger partial charge on any atom is -0.316 e. The van der Waals surface area contributed by atoms with Crippen LogP contribution in [0, 0.1) is 0 Å². The summed E-state index contributed by atoms with van der Waals surface area (Å²) in [7, 11) is 0. The van der Waals surface area contributed by atoms with Crippen molar-refractivity contribution in [3.8, 4) is 45.3 Å². The Balaban J connectivity index is 1.00. The fourth-order valence-electron chi connectivity index (χ4n) is 8.10. The SMILES string of the molecule is c1ccc(-n2ccc3cc4c5cc(-c6ccc(N(c7ccc(-c8ncccn8)cc7)c7ccc(-c8ncncn8)cc7)cc6)ccc5n(-c5ccccc5)c4cc32)cc1. The number of para-hydroxylation sites is 2. The summed E-state index contributed by atoms with van der Waals surface area (Å²) in [6.45, 7) is 0. The van der Waals surface area contributed by atoms with Gasteiger partial charge in [0, 0.05) is 74.3 Å². The maximum absolute atomic E-state index is 4.45. The normalized spacial score (nSPS) is 11.4. The van der Waals surface area contributed by atoms with Gasteiger partial charge in [-0.3, -0.25) is 0 Å². The van der Waals surface area contributed by atoms with E-state index in [4.69, 9.17) is 0 Å². The summed E-state index contributed by atoms with van der Waals surface area (Å²) in [6, 6.07) is 62.2. The number of nitrogens with zero attached hydrogens (tertiary/aromatic N) is 8. The molecule has 7 aromatic carbocycles. The molecule has 0 unspecified atom stereocenters. The van der Waals surface area contributed by atoms with Crippen LogP contribution >= 0.6 is 0 Å². The Morgan fingerprint density at radius 2 is 0.932 bits per heavy atom. The molecule has 0 aliphatic carbocycles. The van der Waals surface area contributed by atoms with Gasteiger partial charge in [-0.05, 0) is 132 Å². The average molecular weight is 759 g/mol. The molecule has 8 nitrogen and oxygen atoms in total. The summed E-state index contributed by atoms with van der Waals surface area (Å²) < 4.78 is 4.66. The molecule has 0 aliphatic heterocycles. The van der Waals surface area contributed by atoms with E-state index in [2.05, 4.69) is 203 Å². The van der Waals surface area contributed by atoms with E-state index in [1.807, 2.05) is 18.2 Å². The van der Waals surface area contributed by atoms with Crippen molar-refractivity contribution in [3.63, 3.8) is 0 Å². The standard InChI is InChI=1S/C51H34N8/c1-3-8-40(9-4-1)57-29-26-39-31-46-45-30-38(18-25-47(45)59(49(46)32-48(39)57)41-10-5-2-6-11-41)35-12-19-42(20-13-35)58(43-21-14-36(15-22-43)50-53-27-7-28-54-50)44-23-16-37(17-24-44)51-55-33-52-34-56-51/h1-34H. The lowest BCUT2D eigenvalue weighted by molar-refractivity contribution is 1.06.